The Kier molecular flexibility index (Phi) is 3.57. The van der Waals surface area contributed by atoms with Crippen LogP contribution in [0.25, 0.3) is 0 Å². The normalized spacial score (nSPS) is 17.0. The molecule has 0 amide bonds. The molecule has 0 unspecified atom stereocenters. The number of anilines is 1. The van der Waals surface area contributed by atoms with Crippen molar-refractivity contribution in [1.82, 2.24) is 0 Å². The van der Waals surface area contributed by atoms with Gasteiger partial charge in [0.05, 0.1) is 16.9 Å². The van der Waals surface area contributed by atoms with Crippen LogP contribution in [0.2, 0.25) is 0 Å². The molecule has 0 heterocycles. The minimum Gasteiger partial charge on any atom is -0.478 e. The molecule has 1 saturated carbocycles. The smallest absolute Gasteiger partial charge is 0.337 e. The van der Waals surface area contributed by atoms with Crippen LogP contribution in [0.5, 0.6) is 0 Å². The van der Waals surface area contributed by atoms with Crippen molar-refractivity contribution in [2.75, 3.05) is 19.0 Å². The van der Waals surface area contributed by atoms with Gasteiger partial charge in [-0.3, -0.25) is 0 Å². The monoisotopic (exact) mass is 249 g/mol. The largest absolute Gasteiger partial charge is 0.478 e. The Morgan fingerprint density at radius 1 is 1.50 bits per heavy atom. The molecular weight excluding hydrogens is 230 g/mol. The van der Waals surface area contributed by atoms with Gasteiger partial charge in [-0.2, -0.15) is 0 Å². The fourth-order valence-corrected chi connectivity index (χ4v) is 2.35. The van der Waals surface area contributed by atoms with Crippen molar-refractivity contribution >= 4 is 11.7 Å². The van der Waals surface area contributed by atoms with Gasteiger partial charge in [0.1, 0.15) is 0 Å². The van der Waals surface area contributed by atoms with E-state index in [0.717, 1.165) is 18.4 Å². The number of carboxylic acids is 1. The zero-order valence-corrected chi connectivity index (χ0v) is 10.8. The third kappa shape index (κ3) is 2.34. The number of hydrogen-bond donors (Lipinski definition) is 2. The molecule has 1 aromatic carbocycles. The van der Waals surface area contributed by atoms with Gasteiger partial charge >= 0.3 is 5.97 Å². The van der Waals surface area contributed by atoms with Crippen LogP contribution >= 0.6 is 0 Å². The van der Waals surface area contributed by atoms with Crippen molar-refractivity contribution < 1.29 is 14.6 Å². The molecule has 0 bridgehead atoms. The van der Waals surface area contributed by atoms with Crippen molar-refractivity contribution in [2.24, 2.45) is 0 Å². The van der Waals surface area contributed by atoms with E-state index in [4.69, 9.17) is 4.74 Å². The number of hydrogen-bond acceptors (Lipinski definition) is 3. The summed E-state index contributed by atoms with van der Waals surface area (Å²) in [7, 11) is 1.72. The molecule has 98 valence electrons. The lowest BCUT2D eigenvalue weighted by molar-refractivity contribution is -0.0601. The topological polar surface area (TPSA) is 58.6 Å². The highest BCUT2D eigenvalue weighted by molar-refractivity contribution is 5.95. The lowest BCUT2D eigenvalue weighted by atomic mass is 9.80. The van der Waals surface area contributed by atoms with E-state index < -0.39 is 5.97 Å². The predicted octanol–water partition coefficient (Wildman–Crippen LogP) is 2.67. The number of carboxylic acid groups (broad SMARTS) is 1. The van der Waals surface area contributed by atoms with Crippen LogP contribution in [0.3, 0.4) is 0 Å². The maximum absolute atomic E-state index is 11.2. The molecular formula is C14H19NO3. The summed E-state index contributed by atoms with van der Waals surface area (Å²) in [5.41, 5.74) is 1.85. The van der Waals surface area contributed by atoms with Gasteiger partial charge in [-0.05, 0) is 37.8 Å². The summed E-state index contributed by atoms with van der Waals surface area (Å²) >= 11 is 0. The molecule has 2 N–H and O–H groups in total. The van der Waals surface area contributed by atoms with Crippen molar-refractivity contribution in [3.63, 3.8) is 0 Å². The molecule has 0 atom stereocenters. The zero-order valence-electron chi connectivity index (χ0n) is 10.8. The molecule has 4 nitrogen and oxygen atoms in total. The number of nitrogens with one attached hydrogen (secondary N) is 1. The number of methoxy groups -OCH3 is 1. The fraction of sp³-hybridized carbons (Fsp3) is 0.500. The number of benzene rings is 1. The molecule has 1 aliphatic rings. The minimum absolute atomic E-state index is 0.113. The van der Waals surface area contributed by atoms with E-state index in [1.165, 1.54) is 6.42 Å². The third-order valence-corrected chi connectivity index (χ3v) is 3.79. The second kappa shape index (κ2) is 4.98. The fourth-order valence-electron chi connectivity index (χ4n) is 2.35. The summed E-state index contributed by atoms with van der Waals surface area (Å²) in [6.07, 6.45) is 3.24. The molecule has 0 spiro atoms. The van der Waals surface area contributed by atoms with Gasteiger partial charge in [-0.25, -0.2) is 4.79 Å². The Hall–Kier alpha value is -1.55. The first-order chi connectivity index (χ1) is 8.58. The molecule has 0 aromatic heterocycles. The van der Waals surface area contributed by atoms with Crippen molar-refractivity contribution in [2.45, 2.75) is 31.8 Å². The first-order valence-corrected chi connectivity index (χ1v) is 6.20. The van der Waals surface area contributed by atoms with Gasteiger partial charge in [-0.1, -0.05) is 12.1 Å². The molecule has 18 heavy (non-hydrogen) atoms. The minimum atomic E-state index is -0.902. The first-order valence-electron chi connectivity index (χ1n) is 6.20. The second-order valence-electron chi connectivity index (χ2n) is 4.90. The highest BCUT2D eigenvalue weighted by Crippen LogP contribution is 2.35. The van der Waals surface area contributed by atoms with Gasteiger partial charge in [0.2, 0.25) is 0 Å². The SMILES string of the molecule is COC1(CNc2c(C)cccc2C(=O)O)CCC1. The van der Waals surface area contributed by atoms with Crippen LogP contribution < -0.4 is 5.32 Å². The number of carbonyl (C=O) groups is 1. The maximum atomic E-state index is 11.2. The van der Waals surface area contributed by atoms with Crippen LogP contribution in [-0.4, -0.2) is 30.3 Å². The molecule has 4 heteroatoms. The molecule has 1 aromatic rings. The van der Waals surface area contributed by atoms with Gasteiger partial charge in [0, 0.05) is 13.7 Å². The summed E-state index contributed by atoms with van der Waals surface area (Å²) in [5, 5.41) is 12.4. The highest BCUT2D eigenvalue weighted by Gasteiger charge is 2.37. The number of rotatable bonds is 5. The lowest BCUT2D eigenvalue weighted by Crippen LogP contribution is -2.45. The average molecular weight is 249 g/mol. The van der Waals surface area contributed by atoms with Gasteiger partial charge < -0.3 is 15.2 Å². The van der Waals surface area contributed by atoms with Crippen LogP contribution in [-0.2, 0) is 4.74 Å². The van der Waals surface area contributed by atoms with Crippen LogP contribution in [0.15, 0.2) is 18.2 Å². The Bertz CT molecular complexity index is 447. The quantitative estimate of drug-likeness (QED) is 0.842. The molecule has 0 radical (unpaired) electrons. The van der Waals surface area contributed by atoms with Gasteiger partial charge in [-0.15, -0.1) is 0 Å². The zero-order chi connectivity index (χ0) is 13.2. The summed E-state index contributed by atoms with van der Waals surface area (Å²) in [6, 6.07) is 5.30. The summed E-state index contributed by atoms with van der Waals surface area (Å²) < 4.78 is 5.53. The Balaban J connectivity index is 2.15. The molecule has 0 saturated heterocycles. The third-order valence-electron chi connectivity index (χ3n) is 3.79. The number of para-hydroxylation sites is 1. The number of aryl methyl sites for hydroxylation is 1. The molecule has 2 rings (SSSR count). The Labute approximate surface area is 107 Å². The number of ether oxygens (including phenoxy) is 1. The summed E-state index contributed by atoms with van der Waals surface area (Å²) in [6.45, 7) is 2.57. The highest BCUT2D eigenvalue weighted by atomic mass is 16.5. The molecule has 1 aliphatic carbocycles. The van der Waals surface area contributed by atoms with E-state index in [2.05, 4.69) is 5.32 Å². The van der Waals surface area contributed by atoms with E-state index in [-0.39, 0.29) is 5.60 Å². The van der Waals surface area contributed by atoms with Crippen LogP contribution in [0.4, 0.5) is 5.69 Å². The van der Waals surface area contributed by atoms with Gasteiger partial charge in [0.15, 0.2) is 0 Å². The second-order valence-corrected chi connectivity index (χ2v) is 4.90. The average Bonchev–Trinajstić information content (AvgIpc) is 2.29. The Morgan fingerprint density at radius 2 is 2.22 bits per heavy atom. The van der Waals surface area contributed by atoms with E-state index in [1.54, 1.807) is 19.2 Å². The number of aromatic carboxylic acids is 1. The van der Waals surface area contributed by atoms with Crippen LogP contribution in [0, 0.1) is 6.92 Å². The van der Waals surface area contributed by atoms with E-state index >= 15 is 0 Å². The summed E-state index contributed by atoms with van der Waals surface area (Å²) in [4.78, 5) is 11.2. The predicted molar refractivity (Wildman–Crippen MR) is 70.2 cm³/mol. The van der Waals surface area contributed by atoms with E-state index in [0.29, 0.717) is 17.8 Å². The first kappa shape index (κ1) is 12.9. The Morgan fingerprint density at radius 3 is 2.72 bits per heavy atom. The maximum Gasteiger partial charge on any atom is 0.337 e. The van der Waals surface area contributed by atoms with Crippen LogP contribution in [0.1, 0.15) is 35.2 Å². The molecule has 1 fully saturated rings. The van der Waals surface area contributed by atoms with Gasteiger partial charge in [0.25, 0.3) is 0 Å². The lowest BCUT2D eigenvalue weighted by Gasteiger charge is -2.41. The standard InChI is InChI=1S/C14H19NO3/c1-10-5-3-6-11(13(16)17)12(10)15-9-14(18-2)7-4-8-14/h3,5-6,15H,4,7-9H2,1-2H3,(H,16,17). The molecule has 0 aliphatic heterocycles. The summed E-state index contributed by atoms with van der Waals surface area (Å²) in [5.74, 6) is -0.902. The van der Waals surface area contributed by atoms with Crippen molar-refractivity contribution in [3.05, 3.63) is 29.3 Å². The van der Waals surface area contributed by atoms with Crippen molar-refractivity contribution in [3.8, 4) is 0 Å². The van der Waals surface area contributed by atoms with E-state index in [1.807, 2.05) is 13.0 Å². The van der Waals surface area contributed by atoms with Crippen molar-refractivity contribution in [1.29, 1.82) is 0 Å². The van der Waals surface area contributed by atoms with E-state index in [9.17, 15) is 9.90 Å².